The lowest BCUT2D eigenvalue weighted by Gasteiger charge is -2.21. The first-order valence-electron chi connectivity index (χ1n) is 7.02. The molecule has 2 rings (SSSR count). The van der Waals surface area contributed by atoms with Crippen LogP contribution in [0.25, 0.3) is 0 Å². The van der Waals surface area contributed by atoms with E-state index >= 15 is 0 Å². The summed E-state index contributed by atoms with van der Waals surface area (Å²) in [4.78, 5) is 2.36. The Bertz CT molecular complexity index is 601. The van der Waals surface area contributed by atoms with Gasteiger partial charge in [0.25, 0.3) is 0 Å². The molecular formula is C17H21BrN2O. The van der Waals surface area contributed by atoms with Crippen molar-refractivity contribution in [2.24, 2.45) is 0 Å². The molecule has 2 N–H and O–H groups in total. The molecule has 2 aromatic rings. The van der Waals surface area contributed by atoms with Crippen LogP contribution >= 0.6 is 15.9 Å². The van der Waals surface area contributed by atoms with Gasteiger partial charge in [-0.25, -0.2) is 0 Å². The van der Waals surface area contributed by atoms with E-state index in [4.69, 9.17) is 10.5 Å². The highest BCUT2D eigenvalue weighted by molar-refractivity contribution is 9.10. The van der Waals surface area contributed by atoms with Gasteiger partial charge < -0.3 is 10.5 Å². The third-order valence-electron chi connectivity index (χ3n) is 3.52. The molecule has 0 aromatic heterocycles. The van der Waals surface area contributed by atoms with Crippen molar-refractivity contribution < 1.29 is 4.74 Å². The number of hydrogen-bond donors (Lipinski definition) is 1. The smallest absolute Gasteiger partial charge is 0.133 e. The zero-order valence-electron chi connectivity index (χ0n) is 12.5. The van der Waals surface area contributed by atoms with E-state index in [-0.39, 0.29) is 0 Å². The number of nitrogens with two attached hydrogens (primary N) is 1. The molecule has 0 atom stereocenters. The Hall–Kier alpha value is -1.52. The van der Waals surface area contributed by atoms with Crippen LogP contribution in [0.4, 0.5) is 5.69 Å². The molecule has 0 amide bonds. The summed E-state index contributed by atoms with van der Waals surface area (Å²) in [7, 11) is 1.68. The van der Waals surface area contributed by atoms with Gasteiger partial charge >= 0.3 is 0 Å². The van der Waals surface area contributed by atoms with Gasteiger partial charge in [0, 0.05) is 18.8 Å². The number of benzene rings is 2. The van der Waals surface area contributed by atoms with E-state index in [0.29, 0.717) is 0 Å². The summed E-state index contributed by atoms with van der Waals surface area (Å²) in [6.45, 7) is 4.87. The summed E-state index contributed by atoms with van der Waals surface area (Å²) in [6.07, 6.45) is 0. The van der Waals surface area contributed by atoms with E-state index in [1.165, 1.54) is 11.1 Å². The quantitative estimate of drug-likeness (QED) is 0.800. The minimum absolute atomic E-state index is 0.854. The average Bonchev–Trinajstić information content (AvgIpc) is 2.49. The fourth-order valence-corrected chi connectivity index (χ4v) is 2.85. The van der Waals surface area contributed by atoms with Crippen molar-refractivity contribution in [2.75, 3.05) is 19.4 Å². The lowest BCUT2D eigenvalue weighted by molar-refractivity contribution is 0.271. The summed E-state index contributed by atoms with van der Waals surface area (Å²) in [5, 5.41) is 0. The molecule has 0 fully saturated rings. The number of halogens is 1. The highest BCUT2D eigenvalue weighted by Crippen LogP contribution is 2.26. The largest absolute Gasteiger partial charge is 0.496 e. The van der Waals surface area contributed by atoms with E-state index in [1.54, 1.807) is 7.11 Å². The van der Waals surface area contributed by atoms with Gasteiger partial charge in [-0.3, -0.25) is 4.90 Å². The first kappa shape index (κ1) is 15.9. The van der Waals surface area contributed by atoms with Crippen molar-refractivity contribution in [2.45, 2.75) is 20.0 Å². The number of nitrogens with zero attached hydrogens (tertiary/aromatic N) is 1. The zero-order valence-corrected chi connectivity index (χ0v) is 14.1. The van der Waals surface area contributed by atoms with Crippen LogP contribution in [0.1, 0.15) is 18.1 Å². The summed E-state index contributed by atoms with van der Waals surface area (Å²) >= 11 is 3.53. The van der Waals surface area contributed by atoms with Crippen molar-refractivity contribution in [3.8, 4) is 5.75 Å². The first-order chi connectivity index (χ1) is 10.1. The highest BCUT2D eigenvalue weighted by Gasteiger charge is 2.08. The highest BCUT2D eigenvalue weighted by atomic mass is 79.9. The van der Waals surface area contributed by atoms with Crippen LogP contribution in [-0.2, 0) is 13.1 Å². The molecule has 0 bridgehead atoms. The van der Waals surface area contributed by atoms with Crippen molar-refractivity contribution in [1.82, 2.24) is 4.90 Å². The Balaban J connectivity index is 2.09. The Morgan fingerprint density at radius 3 is 2.52 bits per heavy atom. The van der Waals surface area contributed by atoms with Crippen LogP contribution in [0.5, 0.6) is 5.75 Å². The second-order valence-electron chi connectivity index (χ2n) is 4.97. The van der Waals surface area contributed by atoms with Crippen molar-refractivity contribution in [3.63, 3.8) is 0 Å². The summed E-state index contributed by atoms with van der Waals surface area (Å²) < 4.78 is 6.25. The fourth-order valence-electron chi connectivity index (χ4n) is 2.27. The predicted octanol–water partition coefficient (Wildman–Crippen LogP) is 4.06. The molecule has 0 aliphatic rings. The minimum atomic E-state index is 0.854. The van der Waals surface area contributed by atoms with Gasteiger partial charge in [0.05, 0.1) is 11.6 Å². The van der Waals surface area contributed by atoms with E-state index in [9.17, 15) is 0 Å². The summed E-state index contributed by atoms with van der Waals surface area (Å²) in [5.41, 5.74) is 9.30. The second kappa shape index (κ2) is 7.48. The van der Waals surface area contributed by atoms with Gasteiger partial charge in [0.1, 0.15) is 5.75 Å². The molecule has 21 heavy (non-hydrogen) atoms. The zero-order chi connectivity index (χ0) is 15.2. The van der Waals surface area contributed by atoms with Crippen molar-refractivity contribution in [3.05, 3.63) is 58.1 Å². The molecule has 4 heteroatoms. The molecule has 2 aromatic carbocycles. The molecule has 0 saturated carbocycles. The third kappa shape index (κ3) is 4.22. The SMILES string of the molecule is CCN(Cc1ccc(OC)c(Br)c1)Cc1ccccc1N. The average molecular weight is 349 g/mol. The first-order valence-corrected chi connectivity index (χ1v) is 7.81. The van der Waals surface area contributed by atoms with Crippen LogP contribution in [0.15, 0.2) is 46.9 Å². The van der Waals surface area contributed by atoms with E-state index < -0.39 is 0 Å². The number of para-hydroxylation sites is 1. The molecule has 0 radical (unpaired) electrons. The molecular weight excluding hydrogens is 328 g/mol. The molecule has 0 aliphatic heterocycles. The Morgan fingerprint density at radius 1 is 1.14 bits per heavy atom. The Morgan fingerprint density at radius 2 is 1.90 bits per heavy atom. The number of anilines is 1. The molecule has 112 valence electrons. The second-order valence-corrected chi connectivity index (χ2v) is 5.83. The third-order valence-corrected chi connectivity index (χ3v) is 4.14. The predicted molar refractivity (Wildman–Crippen MR) is 91.3 cm³/mol. The molecule has 3 nitrogen and oxygen atoms in total. The normalized spacial score (nSPS) is 10.9. The standard InChI is InChI=1S/C17H21BrN2O/c1-3-20(12-14-6-4-5-7-16(14)19)11-13-8-9-17(21-2)15(18)10-13/h4-10H,3,11-12,19H2,1-2H3. The monoisotopic (exact) mass is 348 g/mol. The topological polar surface area (TPSA) is 38.5 Å². The minimum Gasteiger partial charge on any atom is -0.496 e. The number of methoxy groups -OCH3 is 1. The van der Waals surface area contributed by atoms with Gasteiger partial charge in [0.15, 0.2) is 0 Å². The van der Waals surface area contributed by atoms with Crippen LogP contribution in [0.2, 0.25) is 0 Å². The molecule has 0 spiro atoms. The summed E-state index contributed by atoms with van der Waals surface area (Å²) in [5.74, 6) is 0.856. The number of nitrogen functional groups attached to an aromatic ring is 1. The van der Waals surface area contributed by atoms with Crippen LogP contribution in [0.3, 0.4) is 0 Å². The van der Waals surface area contributed by atoms with Crippen molar-refractivity contribution >= 4 is 21.6 Å². The Kier molecular flexibility index (Phi) is 5.65. The van der Waals surface area contributed by atoms with Crippen molar-refractivity contribution in [1.29, 1.82) is 0 Å². The van der Waals surface area contributed by atoms with Crippen LogP contribution < -0.4 is 10.5 Å². The lowest BCUT2D eigenvalue weighted by atomic mass is 10.1. The number of rotatable bonds is 6. The van der Waals surface area contributed by atoms with E-state index in [1.807, 2.05) is 24.3 Å². The van der Waals surface area contributed by atoms with Gasteiger partial charge in [-0.1, -0.05) is 31.2 Å². The number of hydrogen-bond acceptors (Lipinski definition) is 3. The molecule has 0 saturated heterocycles. The van der Waals surface area contributed by atoms with E-state index in [2.05, 4.69) is 46.0 Å². The van der Waals surface area contributed by atoms with Gasteiger partial charge in [0.2, 0.25) is 0 Å². The lowest BCUT2D eigenvalue weighted by Crippen LogP contribution is -2.22. The number of ether oxygens (including phenoxy) is 1. The summed E-state index contributed by atoms with van der Waals surface area (Å²) in [6, 6.07) is 14.2. The molecule has 0 aliphatic carbocycles. The van der Waals surface area contributed by atoms with Gasteiger partial charge in [-0.15, -0.1) is 0 Å². The molecule has 0 unspecified atom stereocenters. The maximum absolute atomic E-state index is 6.03. The molecule has 0 heterocycles. The van der Waals surface area contributed by atoms with E-state index in [0.717, 1.165) is 35.5 Å². The Labute approximate surface area is 134 Å². The maximum atomic E-state index is 6.03. The van der Waals surface area contributed by atoms with Gasteiger partial charge in [-0.2, -0.15) is 0 Å². The maximum Gasteiger partial charge on any atom is 0.133 e. The van der Waals surface area contributed by atoms with Crippen LogP contribution in [0, 0.1) is 0 Å². The fraction of sp³-hybridized carbons (Fsp3) is 0.294. The van der Waals surface area contributed by atoms with Gasteiger partial charge in [-0.05, 0) is 51.8 Å². The van der Waals surface area contributed by atoms with Crippen LogP contribution in [-0.4, -0.2) is 18.6 Å².